The molecule has 1 N–H and O–H groups in total. The molecule has 166 valence electrons. The molecule has 2 heteroatoms. The Morgan fingerprint density at radius 3 is 2.52 bits per heavy atom. The van der Waals surface area contributed by atoms with E-state index in [1.165, 1.54) is 57.8 Å². The minimum absolute atomic E-state index is 0.0434. The largest absolute Gasteiger partial charge is 0.393 e. The topological polar surface area (TPSA) is 32.8 Å². The molecule has 4 saturated carbocycles. The number of ether oxygens (including phenoxy) is 1. The molecule has 2 nitrogen and oxygen atoms in total. The van der Waals surface area contributed by atoms with E-state index < -0.39 is 0 Å². The van der Waals surface area contributed by atoms with Gasteiger partial charge in [-0.2, -0.15) is 0 Å². The molecule has 0 unspecified atom stereocenters. The molecule has 0 radical (unpaired) electrons. The van der Waals surface area contributed by atoms with Crippen molar-refractivity contribution in [1.82, 2.24) is 0 Å². The summed E-state index contributed by atoms with van der Waals surface area (Å²) < 4.78 is 6.51. The quantitative estimate of drug-likeness (QED) is 0.525. The number of aliphatic hydroxyl groups excluding tert-OH is 1. The lowest BCUT2D eigenvalue weighted by Gasteiger charge is -2.59. The summed E-state index contributed by atoms with van der Waals surface area (Å²) in [7, 11) is 0. The lowest BCUT2D eigenvalue weighted by molar-refractivity contribution is -0.116. The van der Waals surface area contributed by atoms with Gasteiger partial charge in [0.2, 0.25) is 0 Å². The summed E-state index contributed by atoms with van der Waals surface area (Å²) >= 11 is 0. The number of hydrogen-bond acceptors (Lipinski definition) is 2. The SMILES string of the molecule is CC(C)CCC[C@@H](C)[C@H]1CC[C@@H]2[C@H]3C[C@H]4O[C@]45C[C@@H](O)CC[C@]5(C)[C@@H]3CC[C@@]21C. The van der Waals surface area contributed by atoms with E-state index in [0.717, 1.165) is 48.3 Å². The molecule has 1 saturated heterocycles. The fourth-order valence-electron chi connectivity index (χ4n) is 9.68. The average Bonchev–Trinajstić information content (AvgIpc) is 3.22. The highest BCUT2D eigenvalue weighted by Gasteiger charge is 2.76. The molecule has 29 heavy (non-hydrogen) atoms. The van der Waals surface area contributed by atoms with Crippen LogP contribution in [0, 0.1) is 46.3 Å². The summed E-state index contributed by atoms with van der Waals surface area (Å²) in [6, 6.07) is 0. The summed E-state index contributed by atoms with van der Waals surface area (Å²) in [6.07, 6.45) is 14.8. The second-order valence-corrected chi connectivity index (χ2v) is 13.0. The highest BCUT2D eigenvalue weighted by atomic mass is 16.6. The molecule has 4 aliphatic carbocycles. The van der Waals surface area contributed by atoms with Gasteiger partial charge in [-0.1, -0.05) is 53.9 Å². The lowest BCUT2D eigenvalue weighted by atomic mass is 9.44. The van der Waals surface area contributed by atoms with Crippen LogP contribution in [0.1, 0.15) is 105 Å². The summed E-state index contributed by atoms with van der Waals surface area (Å²) in [5.41, 5.74) is 0.932. The minimum Gasteiger partial charge on any atom is -0.393 e. The van der Waals surface area contributed by atoms with Crippen LogP contribution in [0.25, 0.3) is 0 Å². The molecule has 1 aliphatic heterocycles. The Balaban J connectivity index is 1.33. The molecule has 0 bridgehead atoms. The molecule has 0 aromatic rings. The smallest absolute Gasteiger partial charge is 0.103 e. The van der Waals surface area contributed by atoms with Gasteiger partial charge < -0.3 is 9.84 Å². The highest BCUT2D eigenvalue weighted by Crippen LogP contribution is 2.74. The predicted molar refractivity (Wildman–Crippen MR) is 119 cm³/mol. The number of epoxide rings is 1. The van der Waals surface area contributed by atoms with Crippen LogP contribution in [0.15, 0.2) is 0 Å². The van der Waals surface area contributed by atoms with Gasteiger partial charge in [0.05, 0.1) is 12.2 Å². The second kappa shape index (κ2) is 6.96. The van der Waals surface area contributed by atoms with Gasteiger partial charge in [0.1, 0.15) is 5.60 Å². The molecule has 10 atom stereocenters. The Bertz CT molecular complexity index is 630. The van der Waals surface area contributed by atoms with Crippen molar-refractivity contribution in [3.63, 3.8) is 0 Å². The Labute approximate surface area is 179 Å². The first kappa shape index (κ1) is 20.8. The minimum atomic E-state index is -0.124. The fraction of sp³-hybridized carbons (Fsp3) is 1.00. The summed E-state index contributed by atoms with van der Waals surface area (Å²) in [5, 5.41) is 10.4. The Morgan fingerprint density at radius 2 is 1.76 bits per heavy atom. The molecular weight excluding hydrogens is 356 g/mol. The van der Waals surface area contributed by atoms with Crippen molar-refractivity contribution in [3.05, 3.63) is 0 Å². The zero-order valence-corrected chi connectivity index (χ0v) is 19.8. The summed E-state index contributed by atoms with van der Waals surface area (Å²) in [4.78, 5) is 0. The zero-order chi connectivity index (χ0) is 20.6. The van der Waals surface area contributed by atoms with Crippen molar-refractivity contribution in [3.8, 4) is 0 Å². The molecule has 0 amide bonds. The first-order chi connectivity index (χ1) is 13.7. The van der Waals surface area contributed by atoms with Crippen molar-refractivity contribution in [2.24, 2.45) is 46.3 Å². The van der Waals surface area contributed by atoms with Gasteiger partial charge in [-0.3, -0.25) is 0 Å². The van der Waals surface area contributed by atoms with E-state index >= 15 is 0 Å². The molecule has 0 aromatic carbocycles. The average molecular weight is 403 g/mol. The van der Waals surface area contributed by atoms with Crippen molar-refractivity contribution >= 4 is 0 Å². The van der Waals surface area contributed by atoms with Crippen molar-refractivity contribution in [2.45, 2.75) is 123 Å². The van der Waals surface area contributed by atoms with Crippen LogP contribution in [-0.4, -0.2) is 22.9 Å². The Kier molecular flexibility index (Phi) is 4.99. The van der Waals surface area contributed by atoms with Gasteiger partial charge in [0, 0.05) is 11.8 Å². The molecule has 1 heterocycles. The van der Waals surface area contributed by atoms with E-state index in [1.807, 2.05) is 0 Å². The molecule has 5 rings (SSSR count). The Morgan fingerprint density at radius 1 is 0.966 bits per heavy atom. The third-order valence-electron chi connectivity index (χ3n) is 11.3. The van der Waals surface area contributed by atoms with E-state index in [4.69, 9.17) is 4.74 Å². The monoisotopic (exact) mass is 402 g/mol. The van der Waals surface area contributed by atoms with E-state index in [2.05, 4.69) is 34.6 Å². The predicted octanol–water partition coefficient (Wildman–Crippen LogP) is 6.60. The van der Waals surface area contributed by atoms with E-state index in [-0.39, 0.29) is 11.7 Å². The number of hydrogen-bond donors (Lipinski definition) is 1. The van der Waals surface area contributed by atoms with Gasteiger partial charge >= 0.3 is 0 Å². The third kappa shape index (κ3) is 2.94. The van der Waals surface area contributed by atoms with Gasteiger partial charge in [-0.25, -0.2) is 0 Å². The first-order valence-electron chi connectivity index (χ1n) is 13.1. The summed E-state index contributed by atoms with van der Waals surface area (Å²) in [5.74, 6) is 5.31. The molecule has 5 aliphatic rings. The third-order valence-corrected chi connectivity index (χ3v) is 11.3. The fourth-order valence-corrected chi connectivity index (χ4v) is 9.68. The van der Waals surface area contributed by atoms with Crippen LogP contribution in [0.2, 0.25) is 0 Å². The molecule has 5 fully saturated rings. The van der Waals surface area contributed by atoms with Gasteiger partial charge in [-0.15, -0.1) is 0 Å². The molecular formula is C27H46O2. The maximum atomic E-state index is 10.4. The highest BCUT2D eigenvalue weighted by molar-refractivity contribution is 5.24. The van der Waals surface area contributed by atoms with Crippen molar-refractivity contribution in [1.29, 1.82) is 0 Å². The van der Waals surface area contributed by atoms with Crippen LogP contribution in [-0.2, 0) is 4.74 Å². The van der Waals surface area contributed by atoms with Gasteiger partial charge in [-0.05, 0) is 85.9 Å². The maximum Gasteiger partial charge on any atom is 0.103 e. The van der Waals surface area contributed by atoms with Crippen molar-refractivity contribution in [2.75, 3.05) is 0 Å². The number of aliphatic hydroxyl groups is 1. The van der Waals surface area contributed by atoms with E-state index in [1.54, 1.807) is 0 Å². The number of fused-ring (bicyclic) bond motifs is 4. The van der Waals surface area contributed by atoms with Gasteiger partial charge in [0.15, 0.2) is 0 Å². The van der Waals surface area contributed by atoms with Gasteiger partial charge in [0.25, 0.3) is 0 Å². The van der Waals surface area contributed by atoms with Crippen LogP contribution >= 0.6 is 0 Å². The maximum absolute atomic E-state index is 10.4. The summed E-state index contributed by atoms with van der Waals surface area (Å²) in [6.45, 7) is 12.6. The number of rotatable bonds is 5. The van der Waals surface area contributed by atoms with Crippen LogP contribution in [0.4, 0.5) is 0 Å². The van der Waals surface area contributed by atoms with Crippen LogP contribution < -0.4 is 0 Å². The standard InChI is InChI=1S/C27H46O2/c1-17(2)7-6-8-18(3)21-9-10-22-20-15-24-27(29-24)16-19(28)11-14-26(27,5)23(20)12-13-25(21,22)4/h17-24,28H,6-16H2,1-5H3/t18-,19+,20-,21-,22-,23-,24-,25-,26-,27-/m1/s1. The normalized spacial score (nSPS) is 54.3. The van der Waals surface area contributed by atoms with E-state index in [9.17, 15) is 5.11 Å². The first-order valence-corrected chi connectivity index (χ1v) is 13.1. The molecule has 1 spiro atoms. The lowest BCUT2D eigenvalue weighted by Crippen LogP contribution is -2.58. The van der Waals surface area contributed by atoms with Crippen molar-refractivity contribution < 1.29 is 9.84 Å². The van der Waals surface area contributed by atoms with Crippen LogP contribution in [0.5, 0.6) is 0 Å². The molecule has 0 aromatic heterocycles. The second-order valence-electron chi connectivity index (χ2n) is 13.0. The van der Waals surface area contributed by atoms with Crippen LogP contribution in [0.3, 0.4) is 0 Å². The zero-order valence-electron chi connectivity index (χ0n) is 19.8. The van der Waals surface area contributed by atoms with E-state index in [0.29, 0.717) is 16.9 Å². The Hall–Kier alpha value is -0.0800.